The highest BCUT2D eigenvalue weighted by molar-refractivity contribution is 7.80. The Morgan fingerprint density at radius 2 is 2.10 bits per heavy atom. The van der Waals surface area contributed by atoms with Crippen LogP contribution in [-0.4, -0.2) is 17.4 Å². The lowest BCUT2D eigenvalue weighted by molar-refractivity contribution is -0.121. The zero-order valence-corrected chi connectivity index (χ0v) is 13.4. The van der Waals surface area contributed by atoms with Crippen molar-refractivity contribution in [1.29, 1.82) is 0 Å². The Morgan fingerprint density at radius 1 is 1.38 bits per heavy atom. The molecule has 1 saturated carbocycles. The fourth-order valence-corrected chi connectivity index (χ4v) is 3.43. The molecule has 3 nitrogen and oxygen atoms in total. The molecule has 3 unspecified atom stereocenters. The molecular formula is C17H24N2OS. The van der Waals surface area contributed by atoms with Crippen molar-refractivity contribution >= 4 is 23.1 Å². The van der Waals surface area contributed by atoms with Gasteiger partial charge in [-0.25, -0.2) is 0 Å². The fraction of sp³-hybridized carbons (Fsp3) is 0.529. The normalized spacial score (nSPS) is 23.3. The molecule has 0 bridgehead atoms. The maximum Gasteiger partial charge on any atom is 0.234 e. The Kier molecular flexibility index (Phi) is 5.74. The second kappa shape index (κ2) is 7.55. The Labute approximate surface area is 132 Å². The van der Waals surface area contributed by atoms with E-state index in [2.05, 4.69) is 12.2 Å². The molecule has 0 aromatic heterocycles. The molecule has 1 aliphatic carbocycles. The van der Waals surface area contributed by atoms with Gasteiger partial charge in [0.1, 0.15) is 5.92 Å². The van der Waals surface area contributed by atoms with Crippen LogP contribution in [0.3, 0.4) is 0 Å². The minimum absolute atomic E-state index is 0.0769. The summed E-state index contributed by atoms with van der Waals surface area (Å²) >= 11 is 5.08. The van der Waals surface area contributed by atoms with Crippen molar-refractivity contribution in [1.82, 2.24) is 5.32 Å². The van der Waals surface area contributed by atoms with Gasteiger partial charge in [-0.2, -0.15) is 0 Å². The van der Waals surface area contributed by atoms with Crippen molar-refractivity contribution in [3.8, 4) is 0 Å². The number of nitrogens with one attached hydrogen (secondary N) is 1. The van der Waals surface area contributed by atoms with E-state index in [9.17, 15) is 4.79 Å². The van der Waals surface area contributed by atoms with Gasteiger partial charge in [-0.3, -0.25) is 4.79 Å². The van der Waals surface area contributed by atoms with E-state index in [0.717, 1.165) is 18.0 Å². The van der Waals surface area contributed by atoms with Gasteiger partial charge < -0.3 is 11.1 Å². The second-order valence-corrected chi connectivity index (χ2v) is 6.60. The van der Waals surface area contributed by atoms with Crippen LogP contribution in [0.25, 0.3) is 0 Å². The minimum atomic E-state index is -0.526. The molecule has 3 N–H and O–H groups in total. The van der Waals surface area contributed by atoms with E-state index in [1.54, 1.807) is 0 Å². The lowest BCUT2D eigenvalue weighted by Gasteiger charge is -2.27. The lowest BCUT2D eigenvalue weighted by Crippen LogP contribution is -2.39. The van der Waals surface area contributed by atoms with Gasteiger partial charge in [0.2, 0.25) is 5.91 Å². The van der Waals surface area contributed by atoms with Crippen LogP contribution in [0.5, 0.6) is 0 Å². The maximum atomic E-state index is 12.4. The molecule has 3 atom stereocenters. The van der Waals surface area contributed by atoms with Crippen LogP contribution in [-0.2, 0) is 4.79 Å². The van der Waals surface area contributed by atoms with Crippen LogP contribution in [0, 0.1) is 11.8 Å². The average Bonchev–Trinajstić information content (AvgIpc) is 2.46. The van der Waals surface area contributed by atoms with Gasteiger partial charge in [-0.15, -0.1) is 0 Å². The van der Waals surface area contributed by atoms with Gasteiger partial charge in [0.15, 0.2) is 0 Å². The first-order valence-corrected chi connectivity index (χ1v) is 8.10. The standard InChI is InChI=1S/C17H24N2OS/c1-12-6-5-7-13(10-12)11-19-17(20)15(16(18)21)14-8-3-2-4-9-14/h2-4,8-9,12-13,15H,5-7,10-11H2,1H3,(H2,18,21)(H,19,20). The number of carbonyl (C=O) groups is 1. The van der Waals surface area contributed by atoms with Crippen LogP contribution in [0.1, 0.15) is 44.1 Å². The topological polar surface area (TPSA) is 55.1 Å². The van der Waals surface area contributed by atoms with Gasteiger partial charge in [-0.1, -0.05) is 62.3 Å². The van der Waals surface area contributed by atoms with Crippen molar-refractivity contribution < 1.29 is 4.79 Å². The molecule has 0 radical (unpaired) electrons. The number of carbonyl (C=O) groups excluding carboxylic acids is 1. The van der Waals surface area contributed by atoms with Gasteiger partial charge in [-0.05, 0) is 30.2 Å². The SMILES string of the molecule is CC1CCCC(CNC(=O)C(C(N)=S)c2ccccc2)C1. The van der Waals surface area contributed by atoms with Crippen LogP contribution in [0.15, 0.2) is 30.3 Å². The Balaban J connectivity index is 1.95. The summed E-state index contributed by atoms with van der Waals surface area (Å²) in [5.74, 6) is 0.746. The molecule has 1 aromatic carbocycles. The molecule has 4 heteroatoms. The van der Waals surface area contributed by atoms with Crippen molar-refractivity contribution in [2.75, 3.05) is 6.54 Å². The first-order chi connectivity index (χ1) is 10.1. The second-order valence-electron chi connectivity index (χ2n) is 6.13. The first kappa shape index (κ1) is 16.0. The van der Waals surface area contributed by atoms with E-state index in [1.807, 2.05) is 30.3 Å². The average molecular weight is 304 g/mol. The number of hydrogen-bond acceptors (Lipinski definition) is 2. The summed E-state index contributed by atoms with van der Waals surface area (Å²) in [5, 5.41) is 3.05. The predicted molar refractivity (Wildman–Crippen MR) is 90.1 cm³/mol. The Morgan fingerprint density at radius 3 is 2.71 bits per heavy atom. The third-order valence-electron chi connectivity index (χ3n) is 4.29. The zero-order valence-electron chi connectivity index (χ0n) is 12.5. The quantitative estimate of drug-likeness (QED) is 0.822. The van der Waals surface area contributed by atoms with Gasteiger partial charge in [0.25, 0.3) is 0 Å². The molecule has 0 spiro atoms. The molecule has 21 heavy (non-hydrogen) atoms. The zero-order chi connectivity index (χ0) is 15.2. The molecule has 0 heterocycles. The monoisotopic (exact) mass is 304 g/mol. The largest absolute Gasteiger partial charge is 0.392 e. The first-order valence-electron chi connectivity index (χ1n) is 7.70. The molecule has 1 aromatic rings. The van der Waals surface area contributed by atoms with Crippen molar-refractivity contribution in [3.05, 3.63) is 35.9 Å². The van der Waals surface area contributed by atoms with E-state index in [-0.39, 0.29) is 10.9 Å². The number of amides is 1. The molecule has 1 aliphatic rings. The summed E-state index contributed by atoms with van der Waals surface area (Å²) < 4.78 is 0. The summed E-state index contributed by atoms with van der Waals surface area (Å²) in [4.78, 5) is 12.7. The molecule has 2 rings (SSSR count). The summed E-state index contributed by atoms with van der Waals surface area (Å²) in [6.07, 6.45) is 4.97. The Hall–Kier alpha value is -1.42. The van der Waals surface area contributed by atoms with E-state index >= 15 is 0 Å². The van der Waals surface area contributed by atoms with Crippen molar-refractivity contribution in [2.24, 2.45) is 17.6 Å². The number of nitrogens with two attached hydrogens (primary N) is 1. The molecule has 114 valence electrons. The highest BCUT2D eigenvalue weighted by Crippen LogP contribution is 2.28. The van der Waals surface area contributed by atoms with Gasteiger partial charge in [0, 0.05) is 6.54 Å². The molecule has 0 aliphatic heterocycles. The van der Waals surface area contributed by atoms with E-state index in [0.29, 0.717) is 5.92 Å². The molecule has 1 fully saturated rings. The summed E-state index contributed by atoms with van der Waals surface area (Å²) in [5.41, 5.74) is 6.63. The number of rotatable bonds is 5. The van der Waals surface area contributed by atoms with E-state index in [1.165, 1.54) is 25.7 Å². The smallest absolute Gasteiger partial charge is 0.234 e. The maximum absolute atomic E-state index is 12.4. The number of benzene rings is 1. The summed E-state index contributed by atoms with van der Waals surface area (Å²) in [6, 6.07) is 9.51. The third-order valence-corrected chi connectivity index (χ3v) is 4.53. The highest BCUT2D eigenvalue weighted by Gasteiger charge is 2.25. The lowest BCUT2D eigenvalue weighted by atomic mass is 9.82. The predicted octanol–water partition coefficient (Wildman–Crippen LogP) is 3.00. The molecule has 0 saturated heterocycles. The number of hydrogen-bond donors (Lipinski definition) is 2. The minimum Gasteiger partial charge on any atom is -0.392 e. The summed E-state index contributed by atoms with van der Waals surface area (Å²) in [6.45, 7) is 3.02. The van der Waals surface area contributed by atoms with Gasteiger partial charge in [0.05, 0.1) is 4.99 Å². The van der Waals surface area contributed by atoms with Crippen molar-refractivity contribution in [3.63, 3.8) is 0 Å². The van der Waals surface area contributed by atoms with Crippen LogP contribution >= 0.6 is 12.2 Å². The fourth-order valence-electron chi connectivity index (χ4n) is 3.18. The van der Waals surface area contributed by atoms with E-state index < -0.39 is 5.92 Å². The molecule has 1 amide bonds. The third kappa shape index (κ3) is 4.53. The van der Waals surface area contributed by atoms with E-state index in [4.69, 9.17) is 18.0 Å². The van der Waals surface area contributed by atoms with Crippen LogP contribution in [0.2, 0.25) is 0 Å². The van der Waals surface area contributed by atoms with Gasteiger partial charge >= 0.3 is 0 Å². The number of thiocarbonyl (C=S) groups is 1. The van der Waals surface area contributed by atoms with Crippen LogP contribution < -0.4 is 11.1 Å². The summed E-state index contributed by atoms with van der Waals surface area (Å²) in [7, 11) is 0. The highest BCUT2D eigenvalue weighted by atomic mass is 32.1. The Bertz CT molecular complexity index is 489. The van der Waals surface area contributed by atoms with Crippen molar-refractivity contribution in [2.45, 2.75) is 38.5 Å². The molecular weight excluding hydrogens is 280 g/mol. The van der Waals surface area contributed by atoms with Crippen LogP contribution in [0.4, 0.5) is 0 Å².